The minimum absolute atomic E-state index is 0.244. The molecule has 1 aromatic carbocycles. The first-order valence-corrected chi connectivity index (χ1v) is 8.72. The number of nitrogens with one attached hydrogen (secondary N) is 1. The van der Waals surface area contributed by atoms with Gasteiger partial charge in [-0.2, -0.15) is 0 Å². The molecule has 0 bridgehead atoms. The normalized spacial score (nSPS) is 10.8. The van der Waals surface area contributed by atoms with Crippen LogP contribution >= 0.6 is 11.3 Å². The lowest BCUT2D eigenvalue weighted by Gasteiger charge is -2.07. The topological polar surface area (TPSA) is 85.6 Å². The van der Waals surface area contributed by atoms with E-state index in [1.165, 1.54) is 11.3 Å². The highest BCUT2D eigenvalue weighted by Crippen LogP contribution is 2.24. The molecular formula is C17H18N4O3S. The molecule has 0 atom stereocenters. The van der Waals surface area contributed by atoms with Gasteiger partial charge in [-0.25, -0.2) is 4.79 Å². The average Bonchev–Trinajstić information content (AvgIpc) is 3.13. The molecule has 0 saturated heterocycles. The van der Waals surface area contributed by atoms with Crippen molar-refractivity contribution in [3.63, 3.8) is 0 Å². The summed E-state index contributed by atoms with van der Waals surface area (Å²) in [6.45, 7) is 6.00. The number of esters is 1. The first-order chi connectivity index (χ1) is 12.0. The van der Waals surface area contributed by atoms with Crippen LogP contribution in [0.15, 0.2) is 24.3 Å². The number of hydrogen-bond acceptors (Lipinski definition) is 6. The molecule has 0 radical (unpaired) electrons. The van der Waals surface area contributed by atoms with Crippen LogP contribution in [-0.4, -0.2) is 33.1 Å². The number of benzene rings is 1. The van der Waals surface area contributed by atoms with E-state index in [4.69, 9.17) is 4.74 Å². The van der Waals surface area contributed by atoms with Crippen LogP contribution < -0.4 is 5.32 Å². The number of hydrogen-bond donors (Lipinski definition) is 1. The second-order valence-electron chi connectivity index (χ2n) is 5.55. The Morgan fingerprint density at radius 3 is 2.80 bits per heavy atom. The molecular weight excluding hydrogens is 340 g/mol. The first kappa shape index (κ1) is 17.1. The zero-order chi connectivity index (χ0) is 18.0. The summed E-state index contributed by atoms with van der Waals surface area (Å²) >= 11 is 1.28. The number of nitrogens with zero attached hydrogens (tertiary/aromatic N) is 3. The molecule has 0 spiro atoms. The van der Waals surface area contributed by atoms with E-state index in [0.29, 0.717) is 27.7 Å². The standard InChI is InChI=1S/C17H18N4O3S/c1-4-8-24-16(23)12-6-5-7-13(9-12)18-15(22)14-10(2)21-11(3)19-20-17(21)25-14/h5-7,9H,4,8H2,1-3H3,(H,18,22). The van der Waals surface area contributed by atoms with E-state index in [-0.39, 0.29) is 5.91 Å². The summed E-state index contributed by atoms with van der Waals surface area (Å²) in [5.41, 5.74) is 1.73. The Morgan fingerprint density at radius 1 is 1.28 bits per heavy atom. The van der Waals surface area contributed by atoms with Crippen molar-refractivity contribution in [1.82, 2.24) is 14.6 Å². The summed E-state index contributed by atoms with van der Waals surface area (Å²) in [5, 5.41) is 10.9. The molecule has 25 heavy (non-hydrogen) atoms. The smallest absolute Gasteiger partial charge is 0.338 e. The molecule has 0 unspecified atom stereocenters. The lowest BCUT2D eigenvalue weighted by atomic mass is 10.2. The van der Waals surface area contributed by atoms with Gasteiger partial charge >= 0.3 is 5.97 Å². The molecule has 1 amide bonds. The van der Waals surface area contributed by atoms with Crippen LogP contribution in [0.1, 0.15) is 44.9 Å². The van der Waals surface area contributed by atoms with Gasteiger partial charge < -0.3 is 10.1 Å². The highest BCUT2D eigenvalue weighted by atomic mass is 32.1. The average molecular weight is 358 g/mol. The molecule has 1 N–H and O–H groups in total. The van der Waals surface area contributed by atoms with Crippen molar-refractivity contribution in [2.75, 3.05) is 11.9 Å². The lowest BCUT2D eigenvalue weighted by Crippen LogP contribution is -2.13. The van der Waals surface area contributed by atoms with E-state index < -0.39 is 5.97 Å². The summed E-state index contributed by atoms with van der Waals surface area (Å²) in [4.78, 5) is 25.8. The largest absolute Gasteiger partial charge is 0.462 e. The summed E-state index contributed by atoms with van der Waals surface area (Å²) < 4.78 is 6.96. The predicted octanol–water partition coefficient (Wildman–Crippen LogP) is 3.23. The number of carbonyl (C=O) groups excluding carboxylic acids is 2. The summed E-state index contributed by atoms with van der Waals surface area (Å²) in [7, 11) is 0. The fourth-order valence-electron chi connectivity index (χ4n) is 2.46. The van der Waals surface area contributed by atoms with Gasteiger partial charge in [-0.05, 0) is 38.5 Å². The molecule has 2 aromatic heterocycles. The van der Waals surface area contributed by atoms with Gasteiger partial charge in [0.25, 0.3) is 5.91 Å². The van der Waals surface area contributed by atoms with Crippen LogP contribution in [0.3, 0.4) is 0 Å². The van der Waals surface area contributed by atoms with Crippen LogP contribution in [0.5, 0.6) is 0 Å². The molecule has 7 nitrogen and oxygen atoms in total. The van der Waals surface area contributed by atoms with Gasteiger partial charge in [-0.3, -0.25) is 9.20 Å². The molecule has 0 aliphatic rings. The van der Waals surface area contributed by atoms with Crippen molar-refractivity contribution in [3.05, 3.63) is 46.2 Å². The number of ether oxygens (including phenoxy) is 1. The Hall–Kier alpha value is -2.74. The molecule has 8 heteroatoms. The Kier molecular flexibility index (Phi) is 4.80. The van der Waals surface area contributed by atoms with Crippen LogP contribution in [0, 0.1) is 13.8 Å². The number of carbonyl (C=O) groups is 2. The SMILES string of the molecule is CCCOC(=O)c1cccc(NC(=O)c2sc3nnc(C)n3c2C)c1. The Labute approximate surface area is 148 Å². The fraction of sp³-hybridized carbons (Fsp3) is 0.294. The minimum atomic E-state index is -0.398. The second-order valence-corrected chi connectivity index (χ2v) is 6.53. The third kappa shape index (κ3) is 3.39. The number of fused-ring (bicyclic) bond motifs is 1. The zero-order valence-corrected chi connectivity index (χ0v) is 15.0. The van der Waals surface area contributed by atoms with E-state index in [2.05, 4.69) is 15.5 Å². The Bertz CT molecular complexity index is 945. The lowest BCUT2D eigenvalue weighted by molar-refractivity contribution is 0.0505. The van der Waals surface area contributed by atoms with Crippen LogP contribution in [-0.2, 0) is 4.74 Å². The van der Waals surface area contributed by atoms with Crippen LogP contribution in [0.4, 0.5) is 5.69 Å². The number of aryl methyl sites for hydroxylation is 2. The van der Waals surface area contributed by atoms with Gasteiger partial charge in [-0.1, -0.05) is 24.3 Å². The number of thiazole rings is 1. The zero-order valence-electron chi connectivity index (χ0n) is 14.2. The van der Waals surface area contributed by atoms with Gasteiger partial charge in [0.15, 0.2) is 0 Å². The number of anilines is 1. The van der Waals surface area contributed by atoms with Gasteiger partial charge in [0.05, 0.1) is 12.2 Å². The number of rotatable bonds is 5. The van der Waals surface area contributed by atoms with Crippen molar-refractivity contribution in [3.8, 4) is 0 Å². The van der Waals surface area contributed by atoms with Gasteiger partial charge in [0, 0.05) is 11.4 Å². The molecule has 2 heterocycles. The van der Waals surface area contributed by atoms with Gasteiger partial charge in [0.1, 0.15) is 10.7 Å². The van der Waals surface area contributed by atoms with Crippen molar-refractivity contribution >= 4 is 33.9 Å². The molecule has 0 aliphatic carbocycles. The van der Waals surface area contributed by atoms with Crippen molar-refractivity contribution in [2.24, 2.45) is 0 Å². The summed E-state index contributed by atoms with van der Waals surface area (Å²) in [6.07, 6.45) is 0.760. The summed E-state index contributed by atoms with van der Waals surface area (Å²) in [6, 6.07) is 6.71. The van der Waals surface area contributed by atoms with Crippen molar-refractivity contribution < 1.29 is 14.3 Å². The van der Waals surface area contributed by atoms with Crippen molar-refractivity contribution in [1.29, 1.82) is 0 Å². The van der Waals surface area contributed by atoms with Crippen molar-refractivity contribution in [2.45, 2.75) is 27.2 Å². The highest BCUT2D eigenvalue weighted by Gasteiger charge is 2.19. The molecule has 0 aliphatic heterocycles. The van der Waals surface area contributed by atoms with E-state index in [1.807, 2.05) is 25.2 Å². The molecule has 0 saturated carbocycles. The van der Waals surface area contributed by atoms with E-state index in [0.717, 1.165) is 17.9 Å². The maximum absolute atomic E-state index is 12.6. The van der Waals surface area contributed by atoms with E-state index >= 15 is 0 Å². The Balaban J connectivity index is 1.80. The Morgan fingerprint density at radius 2 is 2.08 bits per heavy atom. The molecule has 3 aromatic rings. The third-order valence-electron chi connectivity index (χ3n) is 3.65. The molecule has 0 fully saturated rings. The fourth-order valence-corrected chi connectivity index (χ4v) is 3.47. The third-order valence-corrected chi connectivity index (χ3v) is 4.78. The van der Waals surface area contributed by atoms with E-state index in [1.54, 1.807) is 24.3 Å². The van der Waals surface area contributed by atoms with Crippen LogP contribution in [0.25, 0.3) is 4.96 Å². The maximum Gasteiger partial charge on any atom is 0.338 e. The maximum atomic E-state index is 12.6. The minimum Gasteiger partial charge on any atom is -0.462 e. The van der Waals surface area contributed by atoms with Crippen LogP contribution in [0.2, 0.25) is 0 Å². The van der Waals surface area contributed by atoms with E-state index in [9.17, 15) is 9.59 Å². The number of aromatic nitrogens is 3. The van der Waals surface area contributed by atoms with Gasteiger partial charge in [-0.15, -0.1) is 10.2 Å². The van der Waals surface area contributed by atoms with Gasteiger partial charge in [0.2, 0.25) is 4.96 Å². The number of amides is 1. The second kappa shape index (κ2) is 7.02. The quantitative estimate of drug-likeness (QED) is 0.708. The molecule has 3 rings (SSSR count). The predicted molar refractivity (Wildman–Crippen MR) is 95.3 cm³/mol. The molecule has 130 valence electrons. The first-order valence-electron chi connectivity index (χ1n) is 7.91. The summed E-state index contributed by atoms with van der Waals surface area (Å²) in [5.74, 6) is 0.0976. The monoisotopic (exact) mass is 358 g/mol. The highest BCUT2D eigenvalue weighted by molar-refractivity contribution is 7.19.